The monoisotopic (exact) mass is 234 g/mol. The molecule has 0 N–H and O–H groups in total. The van der Waals surface area contributed by atoms with Crippen LogP contribution in [-0.2, 0) is 31.3 Å². The molecule has 1 rings (SSSR count). The number of hydrogen-bond donors (Lipinski definition) is 0. The van der Waals surface area contributed by atoms with Crippen LogP contribution >= 0.6 is 0 Å². The van der Waals surface area contributed by atoms with Crippen LogP contribution in [0.5, 0.6) is 0 Å². The average molecular weight is 234 g/mol. The molecule has 0 aromatic heterocycles. The molecule has 0 spiro atoms. The summed E-state index contributed by atoms with van der Waals surface area (Å²) in [6.07, 6.45) is 0. The minimum atomic E-state index is 0. The molecule has 0 aliphatic heterocycles. The number of aryl methyl sites for hydroxylation is 1. The van der Waals surface area contributed by atoms with Crippen molar-refractivity contribution in [3.8, 4) is 0 Å². The van der Waals surface area contributed by atoms with Crippen LogP contribution in [0.3, 0.4) is 0 Å². The van der Waals surface area contributed by atoms with Gasteiger partial charge in [-0.15, -0.1) is 0 Å². The number of rotatable bonds is 0. The van der Waals surface area contributed by atoms with Gasteiger partial charge in [0, 0.05) is 17.4 Å². The van der Waals surface area contributed by atoms with Crippen molar-refractivity contribution in [3.05, 3.63) is 55.8 Å². The molecule has 0 atom stereocenters. The molecule has 3 nitrogen and oxygen atoms in total. The van der Waals surface area contributed by atoms with Crippen molar-refractivity contribution >= 4 is 0 Å². The van der Waals surface area contributed by atoms with E-state index in [1.165, 1.54) is 5.56 Å². The van der Waals surface area contributed by atoms with E-state index in [2.05, 4.69) is 26.0 Å². The SMILES string of the molecule is Cc1[c-]cccc1.[C-]#[O+].[C-]#[O+].[C-]#[O+].[Cr].[Li+]. The Morgan fingerprint density at radius 2 is 1.40 bits per heavy atom. The molecule has 0 saturated carbocycles. The van der Waals surface area contributed by atoms with Gasteiger partial charge < -0.3 is 0 Å². The zero-order valence-corrected chi connectivity index (χ0v) is 9.72. The van der Waals surface area contributed by atoms with E-state index in [9.17, 15) is 0 Å². The normalized spacial score (nSPS) is 4.47. The first kappa shape index (κ1) is 29.3. The summed E-state index contributed by atoms with van der Waals surface area (Å²) in [5.41, 5.74) is 1.20. The fraction of sp³-hybridized carbons (Fsp3) is 0.100. The first-order chi connectivity index (χ1) is 6.39. The van der Waals surface area contributed by atoms with Crippen LogP contribution in [-0.4, -0.2) is 0 Å². The van der Waals surface area contributed by atoms with Gasteiger partial charge in [-0.3, -0.25) is 0 Å². The number of hydrogen-bond acceptors (Lipinski definition) is 0. The summed E-state index contributed by atoms with van der Waals surface area (Å²) in [7, 11) is 0. The van der Waals surface area contributed by atoms with E-state index < -0.39 is 0 Å². The molecule has 1 aromatic carbocycles. The maximum atomic E-state index is 7.50. The predicted molar refractivity (Wildman–Crippen MR) is 41.8 cm³/mol. The van der Waals surface area contributed by atoms with Crippen LogP contribution in [0.15, 0.2) is 24.3 Å². The van der Waals surface area contributed by atoms with Gasteiger partial charge in [0.25, 0.3) is 0 Å². The first-order valence-corrected chi connectivity index (χ1v) is 2.94. The van der Waals surface area contributed by atoms with Crippen molar-refractivity contribution in [2.75, 3.05) is 0 Å². The second-order valence-electron chi connectivity index (χ2n) is 1.55. The van der Waals surface area contributed by atoms with Gasteiger partial charge in [-0.05, 0) is 0 Å². The Bertz CT molecular complexity index is 230. The van der Waals surface area contributed by atoms with Gasteiger partial charge in [-0.25, -0.2) is 0 Å². The Balaban J connectivity index is -0.0000000369. The van der Waals surface area contributed by atoms with E-state index in [-0.39, 0.29) is 36.2 Å². The molecule has 0 unspecified atom stereocenters. The number of benzene rings is 1. The summed E-state index contributed by atoms with van der Waals surface area (Å²) in [4.78, 5) is 0. The van der Waals surface area contributed by atoms with E-state index in [0.717, 1.165) is 0 Å². The first-order valence-electron chi connectivity index (χ1n) is 2.94. The maximum Gasteiger partial charge on any atom is 1.00 e. The second-order valence-corrected chi connectivity index (χ2v) is 1.55. The Morgan fingerprint density at radius 1 is 1.00 bits per heavy atom. The van der Waals surface area contributed by atoms with Gasteiger partial charge in [0.2, 0.25) is 0 Å². The van der Waals surface area contributed by atoms with E-state index in [1.807, 2.05) is 31.2 Å². The molecule has 0 fully saturated rings. The minimum absolute atomic E-state index is 0. The standard InChI is InChI=1S/C7H7.3CO.Cr.Li/c1-7-5-3-2-4-6-7;3*1-2;;/h2-5H,1H3;;;;;/q-1;;;;;+1. The molecule has 15 heavy (non-hydrogen) atoms. The van der Waals surface area contributed by atoms with Gasteiger partial charge in [-0.2, -0.15) is 35.9 Å². The van der Waals surface area contributed by atoms with Crippen LogP contribution < -0.4 is 18.9 Å². The summed E-state index contributed by atoms with van der Waals surface area (Å²) in [6, 6.07) is 10.9. The van der Waals surface area contributed by atoms with E-state index in [4.69, 9.17) is 14.0 Å². The topological polar surface area (TPSA) is 59.7 Å². The van der Waals surface area contributed by atoms with Crippen LogP contribution in [0.2, 0.25) is 0 Å². The third-order valence-electron chi connectivity index (χ3n) is 0.865. The van der Waals surface area contributed by atoms with Gasteiger partial charge in [0.1, 0.15) is 0 Å². The van der Waals surface area contributed by atoms with Crippen molar-refractivity contribution in [3.63, 3.8) is 0 Å². The minimum Gasteiger partial charge on any atom is 0 e. The fourth-order valence-corrected chi connectivity index (χ4v) is 0.483. The molecule has 1 aromatic rings. The summed E-state index contributed by atoms with van der Waals surface area (Å²) in [5.74, 6) is 0. The molecule has 5 heteroatoms. The molecular weight excluding hydrogens is 227 g/mol. The predicted octanol–water partition coefficient (Wildman–Crippen LogP) is -1.32. The molecule has 0 bridgehead atoms. The molecule has 72 valence electrons. The quantitative estimate of drug-likeness (QED) is 0.304. The van der Waals surface area contributed by atoms with Crippen molar-refractivity contribution in [2.24, 2.45) is 0 Å². The molecule has 0 aliphatic rings. The molecule has 0 radical (unpaired) electrons. The Morgan fingerprint density at radius 3 is 1.53 bits per heavy atom. The van der Waals surface area contributed by atoms with Crippen LogP contribution in [0.4, 0.5) is 0 Å². The van der Waals surface area contributed by atoms with E-state index in [0.29, 0.717) is 0 Å². The van der Waals surface area contributed by atoms with Crippen LogP contribution in [0.1, 0.15) is 5.56 Å². The van der Waals surface area contributed by atoms with Gasteiger partial charge >= 0.3 is 52.8 Å². The summed E-state index contributed by atoms with van der Waals surface area (Å²) in [6.45, 7) is 15.5. The van der Waals surface area contributed by atoms with Crippen molar-refractivity contribution in [2.45, 2.75) is 6.92 Å². The Kier molecular flexibility index (Phi) is 73.1. The van der Waals surface area contributed by atoms with Crippen LogP contribution in [0.25, 0.3) is 0 Å². The van der Waals surface area contributed by atoms with E-state index >= 15 is 0 Å². The van der Waals surface area contributed by atoms with Crippen LogP contribution in [0, 0.1) is 32.9 Å². The Hall–Kier alpha value is -0.430. The second kappa shape index (κ2) is 37.4. The van der Waals surface area contributed by atoms with Crippen molar-refractivity contribution in [1.29, 1.82) is 0 Å². The zero-order valence-electron chi connectivity index (χ0n) is 8.44. The molecule has 0 saturated heterocycles. The molecular formula is C10H7CrLiO3. The van der Waals surface area contributed by atoms with Gasteiger partial charge in [0.05, 0.1) is 0 Å². The zero-order chi connectivity index (χ0) is 11.1. The molecule has 0 amide bonds. The molecule has 0 heterocycles. The maximum absolute atomic E-state index is 7.50. The summed E-state index contributed by atoms with van der Waals surface area (Å²) < 4.78 is 22.5. The van der Waals surface area contributed by atoms with E-state index in [1.54, 1.807) is 0 Å². The van der Waals surface area contributed by atoms with Gasteiger partial charge in [0.15, 0.2) is 0 Å². The average Bonchev–Trinajstić information content (AvgIpc) is 2.28. The Labute approximate surface area is 113 Å². The van der Waals surface area contributed by atoms with Gasteiger partial charge in [-0.1, -0.05) is 6.92 Å². The van der Waals surface area contributed by atoms with Crippen molar-refractivity contribution < 1.29 is 50.2 Å². The third-order valence-corrected chi connectivity index (χ3v) is 0.865. The summed E-state index contributed by atoms with van der Waals surface area (Å²) >= 11 is 0. The molecule has 0 aliphatic carbocycles. The largest absolute Gasteiger partial charge is 1.00 e. The summed E-state index contributed by atoms with van der Waals surface area (Å²) in [5, 5.41) is 0. The third kappa shape index (κ3) is 31.7. The fourth-order valence-electron chi connectivity index (χ4n) is 0.483. The smallest absolute Gasteiger partial charge is 0 e. The van der Waals surface area contributed by atoms with Crippen molar-refractivity contribution in [1.82, 2.24) is 0 Å².